The van der Waals surface area contributed by atoms with Gasteiger partial charge in [-0.05, 0) is 56.0 Å². The molecule has 0 spiro atoms. The number of halogens is 1. The highest BCUT2D eigenvalue weighted by molar-refractivity contribution is 9.10. The Labute approximate surface area is 206 Å². The van der Waals surface area contributed by atoms with Crippen molar-refractivity contribution in [3.8, 4) is 5.69 Å². The van der Waals surface area contributed by atoms with E-state index >= 15 is 0 Å². The number of rotatable bonds is 5. The number of fused-ring (bicyclic) bond motifs is 2. The summed E-state index contributed by atoms with van der Waals surface area (Å²) in [6.07, 6.45) is 3.32. The van der Waals surface area contributed by atoms with Crippen molar-refractivity contribution < 1.29 is 0 Å². The van der Waals surface area contributed by atoms with Crippen LogP contribution >= 0.6 is 15.9 Å². The molecule has 0 amide bonds. The molecule has 6 heteroatoms. The molecule has 0 aliphatic rings. The standard InChI is InChI=1S/C28H25BrN4O/c1-4-8-27-31-25-14-13-22(29)16-24(25)28(34)33(27)30-17-21-15-18(2)32(19(21)3)26-12-7-10-20-9-5-6-11-23(20)26/h5-7,9-17H,4,8H2,1-3H3. The van der Waals surface area contributed by atoms with E-state index in [1.807, 2.05) is 12.1 Å². The Kier molecular flexibility index (Phi) is 5.92. The average Bonchev–Trinajstić information content (AvgIpc) is 3.12. The predicted octanol–water partition coefficient (Wildman–Crippen LogP) is 6.55. The SMILES string of the molecule is CCCc1nc2ccc(Br)cc2c(=O)n1N=Cc1cc(C)n(-c2cccc3ccccc23)c1C. The van der Waals surface area contributed by atoms with Crippen LogP contribution in [0, 0.1) is 13.8 Å². The second kappa shape index (κ2) is 9.03. The number of aryl methyl sites for hydroxylation is 2. The highest BCUT2D eigenvalue weighted by Gasteiger charge is 2.14. The van der Waals surface area contributed by atoms with Gasteiger partial charge in [0.05, 0.1) is 22.8 Å². The van der Waals surface area contributed by atoms with Crippen LogP contribution < -0.4 is 5.56 Å². The molecule has 34 heavy (non-hydrogen) atoms. The molecule has 0 radical (unpaired) electrons. The fourth-order valence-electron chi connectivity index (χ4n) is 4.51. The maximum Gasteiger partial charge on any atom is 0.282 e. The lowest BCUT2D eigenvalue weighted by atomic mass is 10.1. The largest absolute Gasteiger partial charge is 0.317 e. The summed E-state index contributed by atoms with van der Waals surface area (Å²) >= 11 is 3.46. The van der Waals surface area contributed by atoms with Gasteiger partial charge in [-0.15, -0.1) is 0 Å². The van der Waals surface area contributed by atoms with E-state index in [0.717, 1.165) is 33.5 Å². The maximum absolute atomic E-state index is 13.3. The van der Waals surface area contributed by atoms with Gasteiger partial charge in [-0.25, -0.2) is 4.98 Å². The van der Waals surface area contributed by atoms with E-state index in [0.29, 0.717) is 23.1 Å². The number of nitrogens with zero attached hydrogens (tertiary/aromatic N) is 4. The fraction of sp³-hybridized carbons (Fsp3) is 0.179. The zero-order valence-corrected chi connectivity index (χ0v) is 21.0. The summed E-state index contributed by atoms with van der Waals surface area (Å²) in [6, 6.07) is 22.4. The van der Waals surface area contributed by atoms with Crippen molar-refractivity contribution >= 4 is 43.8 Å². The monoisotopic (exact) mass is 512 g/mol. The van der Waals surface area contributed by atoms with Crippen molar-refractivity contribution in [2.24, 2.45) is 5.10 Å². The third kappa shape index (κ3) is 3.88. The lowest BCUT2D eigenvalue weighted by Crippen LogP contribution is -2.22. The minimum atomic E-state index is -0.158. The van der Waals surface area contributed by atoms with E-state index < -0.39 is 0 Å². The number of benzene rings is 3. The van der Waals surface area contributed by atoms with Crippen LogP contribution in [-0.4, -0.2) is 20.4 Å². The highest BCUT2D eigenvalue weighted by atomic mass is 79.9. The Morgan fingerprint density at radius 2 is 1.79 bits per heavy atom. The lowest BCUT2D eigenvalue weighted by molar-refractivity contribution is 0.703. The molecule has 0 atom stereocenters. The van der Waals surface area contributed by atoms with Gasteiger partial charge in [-0.3, -0.25) is 4.79 Å². The van der Waals surface area contributed by atoms with Gasteiger partial charge < -0.3 is 4.57 Å². The second-order valence-electron chi connectivity index (χ2n) is 8.46. The van der Waals surface area contributed by atoms with E-state index in [1.165, 1.54) is 15.4 Å². The van der Waals surface area contributed by atoms with E-state index in [9.17, 15) is 4.79 Å². The summed E-state index contributed by atoms with van der Waals surface area (Å²) in [7, 11) is 0. The van der Waals surface area contributed by atoms with Crippen LogP contribution in [0.1, 0.15) is 36.1 Å². The summed E-state index contributed by atoms with van der Waals surface area (Å²) in [5, 5.41) is 7.58. The summed E-state index contributed by atoms with van der Waals surface area (Å²) in [5.74, 6) is 0.668. The zero-order chi connectivity index (χ0) is 23.8. The first-order chi connectivity index (χ1) is 16.5. The molecule has 5 aromatic rings. The van der Waals surface area contributed by atoms with E-state index in [4.69, 9.17) is 4.98 Å². The van der Waals surface area contributed by atoms with Gasteiger partial charge in [-0.2, -0.15) is 9.78 Å². The van der Waals surface area contributed by atoms with Gasteiger partial charge in [0.2, 0.25) is 0 Å². The van der Waals surface area contributed by atoms with E-state index in [2.05, 4.69) is 94.9 Å². The Morgan fingerprint density at radius 3 is 2.62 bits per heavy atom. The Hall–Kier alpha value is -3.51. The molecule has 0 bridgehead atoms. The van der Waals surface area contributed by atoms with E-state index in [1.54, 1.807) is 12.3 Å². The summed E-state index contributed by atoms with van der Waals surface area (Å²) in [4.78, 5) is 18.0. The minimum absolute atomic E-state index is 0.158. The number of hydrogen-bond acceptors (Lipinski definition) is 3. The normalized spacial score (nSPS) is 11.8. The lowest BCUT2D eigenvalue weighted by Gasteiger charge is -2.13. The molecule has 2 aromatic heterocycles. The van der Waals surface area contributed by atoms with Gasteiger partial charge in [0.25, 0.3) is 5.56 Å². The molecule has 5 nitrogen and oxygen atoms in total. The molecule has 0 N–H and O–H groups in total. The van der Waals surface area contributed by atoms with Crippen LogP contribution in [0.2, 0.25) is 0 Å². The van der Waals surface area contributed by atoms with Gasteiger partial charge >= 0.3 is 0 Å². The Morgan fingerprint density at radius 1 is 1.00 bits per heavy atom. The fourth-order valence-corrected chi connectivity index (χ4v) is 4.87. The van der Waals surface area contributed by atoms with Crippen LogP contribution in [0.25, 0.3) is 27.4 Å². The van der Waals surface area contributed by atoms with Crippen molar-refractivity contribution in [2.75, 3.05) is 0 Å². The average molecular weight is 513 g/mol. The van der Waals surface area contributed by atoms with Crippen LogP contribution in [-0.2, 0) is 6.42 Å². The predicted molar refractivity (Wildman–Crippen MR) is 143 cm³/mol. The van der Waals surface area contributed by atoms with Crippen molar-refractivity contribution in [1.29, 1.82) is 0 Å². The van der Waals surface area contributed by atoms with Gasteiger partial charge in [0.1, 0.15) is 5.82 Å². The molecule has 3 aromatic carbocycles. The first kappa shape index (κ1) is 22.3. The Balaban J connectivity index is 1.63. The molecule has 0 saturated carbocycles. The first-order valence-electron chi connectivity index (χ1n) is 11.4. The number of hydrogen-bond donors (Lipinski definition) is 0. The van der Waals surface area contributed by atoms with Crippen molar-refractivity contribution in [2.45, 2.75) is 33.6 Å². The molecule has 0 aliphatic heterocycles. The first-order valence-corrected chi connectivity index (χ1v) is 12.2. The summed E-state index contributed by atoms with van der Waals surface area (Å²) < 4.78 is 4.54. The second-order valence-corrected chi connectivity index (χ2v) is 9.38. The van der Waals surface area contributed by atoms with Crippen molar-refractivity contribution in [3.05, 3.63) is 104 Å². The van der Waals surface area contributed by atoms with Crippen LogP contribution in [0.3, 0.4) is 0 Å². The summed E-state index contributed by atoms with van der Waals surface area (Å²) in [6.45, 7) is 6.25. The molecule has 5 rings (SSSR count). The van der Waals surface area contributed by atoms with Crippen LogP contribution in [0.15, 0.2) is 81.1 Å². The molecule has 170 valence electrons. The molecule has 0 saturated heterocycles. The number of aromatic nitrogens is 3. The maximum atomic E-state index is 13.3. The van der Waals surface area contributed by atoms with Crippen molar-refractivity contribution in [3.63, 3.8) is 0 Å². The molecule has 2 heterocycles. The van der Waals surface area contributed by atoms with Crippen LogP contribution in [0.4, 0.5) is 0 Å². The van der Waals surface area contributed by atoms with Gasteiger partial charge in [0, 0.05) is 33.2 Å². The smallest absolute Gasteiger partial charge is 0.282 e. The molecule has 0 fully saturated rings. The third-order valence-corrected chi connectivity index (χ3v) is 6.63. The summed E-state index contributed by atoms with van der Waals surface area (Å²) in [5.41, 5.74) is 4.81. The molecule has 0 aliphatic carbocycles. The van der Waals surface area contributed by atoms with Crippen molar-refractivity contribution in [1.82, 2.24) is 14.2 Å². The highest BCUT2D eigenvalue weighted by Crippen LogP contribution is 2.27. The van der Waals surface area contributed by atoms with E-state index in [-0.39, 0.29) is 5.56 Å². The Bertz CT molecular complexity index is 1620. The minimum Gasteiger partial charge on any atom is -0.317 e. The topological polar surface area (TPSA) is 52.2 Å². The van der Waals surface area contributed by atoms with Gasteiger partial charge in [-0.1, -0.05) is 59.3 Å². The molecular weight excluding hydrogens is 488 g/mol. The molecular formula is C28H25BrN4O. The zero-order valence-electron chi connectivity index (χ0n) is 19.4. The third-order valence-electron chi connectivity index (χ3n) is 6.14. The molecule has 0 unspecified atom stereocenters. The van der Waals surface area contributed by atoms with Gasteiger partial charge in [0.15, 0.2) is 0 Å². The quantitative estimate of drug-likeness (QED) is 0.250. The van der Waals surface area contributed by atoms with Crippen LogP contribution in [0.5, 0.6) is 0 Å².